The monoisotopic (exact) mass is 364 g/mol. The molecule has 27 heavy (non-hydrogen) atoms. The predicted molar refractivity (Wildman–Crippen MR) is 102 cm³/mol. The highest BCUT2D eigenvalue weighted by atomic mass is 16.5. The van der Waals surface area contributed by atoms with E-state index in [-0.39, 0.29) is 18.4 Å². The van der Waals surface area contributed by atoms with Crippen molar-refractivity contribution in [2.24, 2.45) is 0 Å². The van der Waals surface area contributed by atoms with Crippen molar-refractivity contribution in [2.75, 3.05) is 18.5 Å². The maximum Gasteiger partial charge on any atom is 0.257 e. The summed E-state index contributed by atoms with van der Waals surface area (Å²) >= 11 is 0. The summed E-state index contributed by atoms with van der Waals surface area (Å²) in [7, 11) is 0. The molecule has 2 aromatic carbocycles. The molecule has 0 saturated carbocycles. The SMILES string of the molecule is CCNC(=O)COc1ccc(NC(=O)c2ccc(-n3cccn3)cc2)cc1. The van der Waals surface area contributed by atoms with Crippen molar-refractivity contribution in [3.8, 4) is 11.4 Å². The van der Waals surface area contributed by atoms with Gasteiger partial charge in [-0.3, -0.25) is 9.59 Å². The van der Waals surface area contributed by atoms with E-state index in [1.54, 1.807) is 47.3 Å². The molecule has 1 aromatic heterocycles. The maximum absolute atomic E-state index is 12.4. The Bertz CT molecular complexity index is 888. The minimum atomic E-state index is -0.210. The van der Waals surface area contributed by atoms with Gasteiger partial charge >= 0.3 is 0 Å². The van der Waals surface area contributed by atoms with E-state index in [9.17, 15) is 9.59 Å². The van der Waals surface area contributed by atoms with Gasteiger partial charge in [-0.1, -0.05) is 0 Å². The molecule has 0 radical (unpaired) electrons. The Kier molecular flexibility index (Phi) is 5.84. The lowest BCUT2D eigenvalue weighted by Gasteiger charge is -2.09. The zero-order valence-electron chi connectivity index (χ0n) is 14.9. The van der Waals surface area contributed by atoms with E-state index in [2.05, 4.69) is 15.7 Å². The summed E-state index contributed by atoms with van der Waals surface area (Å²) in [6.07, 6.45) is 3.54. The summed E-state index contributed by atoms with van der Waals surface area (Å²) in [5, 5.41) is 9.64. The molecule has 0 spiro atoms. The van der Waals surface area contributed by atoms with Gasteiger partial charge in [-0.2, -0.15) is 5.10 Å². The van der Waals surface area contributed by atoms with Crippen molar-refractivity contribution >= 4 is 17.5 Å². The molecule has 0 bridgehead atoms. The van der Waals surface area contributed by atoms with Gasteiger partial charge in [0, 0.05) is 30.2 Å². The average molecular weight is 364 g/mol. The number of amides is 2. The van der Waals surface area contributed by atoms with E-state index in [1.807, 2.05) is 31.3 Å². The summed E-state index contributed by atoms with van der Waals surface area (Å²) in [6.45, 7) is 2.37. The Balaban J connectivity index is 1.56. The molecule has 0 atom stereocenters. The molecule has 0 aliphatic carbocycles. The molecule has 1 heterocycles. The Morgan fingerprint density at radius 3 is 2.44 bits per heavy atom. The number of rotatable bonds is 7. The van der Waals surface area contributed by atoms with Gasteiger partial charge in [-0.05, 0) is 61.5 Å². The average Bonchev–Trinajstić information content (AvgIpc) is 3.23. The number of hydrogen-bond acceptors (Lipinski definition) is 4. The van der Waals surface area contributed by atoms with E-state index in [0.717, 1.165) is 5.69 Å². The molecular formula is C20H20N4O3. The number of nitrogens with zero attached hydrogens (tertiary/aromatic N) is 2. The van der Waals surface area contributed by atoms with Crippen LogP contribution in [0.1, 0.15) is 17.3 Å². The number of benzene rings is 2. The van der Waals surface area contributed by atoms with Crippen molar-refractivity contribution in [3.05, 3.63) is 72.6 Å². The van der Waals surface area contributed by atoms with Crippen LogP contribution < -0.4 is 15.4 Å². The molecule has 7 nitrogen and oxygen atoms in total. The quantitative estimate of drug-likeness (QED) is 0.675. The van der Waals surface area contributed by atoms with Crippen LogP contribution in [0.15, 0.2) is 67.0 Å². The van der Waals surface area contributed by atoms with Crippen LogP contribution >= 0.6 is 0 Å². The fourth-order valence-electron chi connectivity index (χ4n) is 2.42. The summed E-state index contributed by atoms with van der Waals surface area (Å²) < 4.78 is 7.10. The van der Waals surface area contributed by atoms with Crippen molar-refractivity contribution < 1.29 is 14.3 Å². The normalized spacial score (nSPS) is 10.3. The standard InChI is InChI=1S/C20H20N4O3/c1-2-21-19(25)14-27-18-10-6-16(7-11-18)23-20(26)15-4-8-17(9-5-15)24-13-3-12-22-24/h3-13H,2,14H2,1H3,(H,21,25)(H,23,26). The molecule has 0 aliphatic rings. The first kappa shape index (κ1) is 18.2. The number of carbonyl (C=O) groups is 2. The first-order chi connectivity index (χ1) is 13.2. The number of carbonyl (C=O) groups excluding carboxylic acids is 2. The minimum Gasteiger partial charge on any atom is -0.484 e. The zero-order chi connectivity index (χ0) is 19.1. The summed E-state index contributed by atoms with van der Waals surface area (Å²) in [5.74, 6) is 0.175. The summed E-state index contributed by atoms with van der Waals surface area (Å²) in [4.78, 5) is 23.8. The highest BCUT2D eigenvalue weighted by Gasteiger charge is 2.07. The van der Waals surface area contributed by atoms with E-state index >= 15 is 0 Å². The van der Waals surface area contributed by atoms with Crippen LogP contribution in [0, 0.1) is 0 Å². The highest BCUT2D eigenvalue weighted by Crippen LogP contribution is 2.17. The molecule has 3 rings (SSSR count). The van der Waals surface area contributed by atoms with Gasteiger partial charge in [0.2, 0.25) is 0 Å². The van der Waals surface area contributed by atoms with Crippen LogP contribution in [0.3, 0.4) is 0 Å². The van der Waals surface area contributed by atoms with Crippen LogP contribution in [0.2, 0.25) is 0 Å². The fourth-order valence-corrected chi connectivity index (χ4v) is 2.42. The zero-order valence-corrected chi connectivity index (χ0v) is 14.9. The van der Waals surface area contributed by atoms with Crippen molar-refractivity contribution in [3.63, 3.8) is 0 Å². The molecule has 7 heteroatoms. The van der Waals surface area contributed by atoms with Crippen molar-refractivity contribution in [1.82, 2.24) is 15.1 Å². The first-order valence-corrected chi connectivity index (χ1v) is 8.56. The Morgan fingerprint density at radius 2 is 1.81 bits per heavy atom. The number of anilines is 1. The molecule has 0 fully saturated rings. The molecule has 0 saturated heterocycles. The number of likely N-dealkylation sites (N-methyl/N-ethyl adjacent to an activating group) is 1. The third kappa shape index (κ3) is 4.94. The second-order valence-corrected chi connectivity index (χ2v) is 5.72. The lowest BCUT2D eigenvalue weighted by Crippen LogP contribution is -2.28. The third-order valence-corrected chi connectivity index (χ3v) is 3.75. The predicted octanol–water partition coefficient (Wildman–Crippen LogP) is 2.64. The van der Waals surface area contributed by atoms with E-state index in [4.69, 9.17) is 4.74 Å². The van der Waals surface area contributed by atoms with E-state index in [1.165, 1.54) is 0 Å². The van der Waals surface area contributed by atoms with Crippen LogP contribution in [0.25, 0.3) is 5.69 Å². The van der Waals surface area contributed by atoms with Gasteiger partial charge in [0.25, 0.3) is 11.8 Å². The van der Waals surface area contributed by atoms with Crippen LogP contribution in [-0.2, 0) is 4.79 Å². The molecule has 3 aromatic rings. The molecule has 0 unspecified atom stereocenters. The summed E-state index contributed by atoms with van der Waals surface area (Å²) in [6, 6.07) is 15.9. The molecule has 138 valence electrons. The number of ether oxygens (including phenoxy) is 1. The van der Waals surface area contributed by atoms with Gasteiger partial charge in [0.05, 0.1) is 5.69 Å². The second kappa shape index (κ2) is 8.66. The summed E-state index contributed by atoms with van der Waals surface area (Å²) in [5.41, 5.74) is 2.06. The smallest absolute Gasteiger partial charge is 0.257 e. The van der Waals surface area contributed by atoms with Gasteiger partial charge in [0.15, 0.2) is 6.61 Å². The van der Waals surface area contributed by atoms with Gasteiger partial charge < -0.3 is 15.4 Å². The lowest BCUT2D eigenvalue weighted by atomic mass is 10.2. The van der Waals surface area contributed by atoms with Gasteiger partial charge in [0.1, 0.15) is 5.75 Å². The van der Waals surface area contributed by atoms with E-state index < -0.39 is 0 Å². The minimum absolute atomic E-state index is 0.0395. The van der Waals surface area contributed by atoms with Crippen LogP contribution in [0.4, 0.5) is 5.69 Å². The Labute approximate surface area is 157 Å². The second-order valence-electron chi connectivity index (χ2n) is 5.72. The molecule has 2 N–H and O–H groups in total. The Hall–Kier alpha value is -3.61. The van der Waals surface area contributed by atoms with Crippen LogP contribution in [-0.4, -0.2) is 34.7 Å². The largest absolute Gasteiger partial charge is 0.484 e. The first-order valence-electron chi connectivity index (χ1n) is 8.56. The molecular weight excluding hydrogens is 344 g/mol. The maximum atomic E-state index is 12.4. The van der Waals surface area contributed by atoms with Crippen molar-refractivity contribution in [2.45, 2.75) is 6.92 Å². The fraction of sp³-hybridized carbons (Fsp3) is 0.150. The van der Waals surface area contributed by atoms with Crippen LogP contribution in [0.5, 0.6) is 5.75 Å². The molecule has 2 amide bonds. The van der Waals surface area contributed by atoms with Gasteiger partial charge in [-0.25, -0.2) is 4.68 Å². The van der Waals surface area contributed by atoms with Gasteiger partial charge in [-0.15, -0.1) is 0 Å². The third-order valence-electron chi connectivity index (χ3n) is 3.75. The number of nitrogens with one attached hydrogen (secondary N) is 2. The Morgan fingerprint density at radius 1 is 1.07 bits per heavy atom. The molecule has 0 aliphatic heterocycles. The number of hydrogen-bond donors (Lipinski definition) is 2. The van der Waals surface area contributed by atoms with E-state index in [0.29, 0.717) is 23.5 Å². The van der Waals surface area contributed by atoms with Crippen molar-refractivity contribution in [1.29, 1.82) is 0 Å². The number of aromatic nitrogens is 2. The topological polar surface area (TPSA) is 85.3 Å². The highest BCUT2D eigenvalue weighted by molar-refractivity contribution is 6.04. The lowest BCUT2D eigenvalue weighted by molar-refractivity contribution is -0.122.